The Morgan fingerprint density at radius 3 is 2.06 bits per heavy atom. The van der Waals surface area contributed by atoms with Crippen molar-refractivity contribution in [1.82, 2.24) is 10.2 Å². The summed E-state index contributed by atoms with van der Waals surface area (Å²) in [5.41, 5.74) is 0.301. The van der Waals surface area contributed by atoms with E-state index in [0.717, 1.165) is 12.5 Å². The zero-order valence-corrected chi connectivity index (χ0v) is 13.3. The molecule has 1 fully saturated rings. The average molecular weight is 254 g/mol. The number of rotatable bonds is 8. The van der Waals surface area contributed by atoms with Crippen molar-refractivity contribution in [2.75, 3.05) is 19.6 Å². The van der Waals surface area contributed by atoms with Gasteiger partial charge in [0, 0.05) is 11.6 Å². The zero-order chi connectivity index (χ0) is 13.6. The van der Waals surface area contributed by atoms with Crippen molar-refractivity contribution >= 4 is 0 Å². The fraction of sp³-hybridized carbons (Fsp3) is 1.00. The first-order chi connectivity index (χ1) is 8.56. The van der Waals surface area contributed by atoms with Crippen molar-refractivity contribution in [3.63, 3.8) is 0 Å². The molecular weight excluding hydrogens is 220 g/mol. The first kappa shape index (κ1) is 16.0. The number of likely N-dealkylation sites (N-methyl/N-ethyl adjacent to an activating group) is 1. The Labute approximate surface area is 115 Å². The van der Waals surface area contributed by atoms with Crippen LogP contribution in [0.4, 0.5) is 0 Å². The molecule has 2 nitrogen and oxygen atoms in total. The Balaban J connectivity index is 2.68. The van der Waals surface area contributed by atoms with Crippen LogP contribution in [0.5, 0.6) is 0 Å². The molecule has 0 aliphatic carbocycles. The molecule has 1 N–H and O–H groups in total. The van der Waals surface area contributed by atoms with Gasteiger partial charge in [-0.1, -0.05) is 33.6 Å². The van der Waals surface area contributed by atoms with Crippen LogP contribution in [-0.4, -0.2) is 36.1 Å². The molecule has 0 amide bonds. The molecular formula is C16H34N2. The molecule has 1 aliphatic heterocycles. The topological polar surface area (TPSA) is 15.3 Å². The molecule has 1 unspecified atom stereocenters. The van der Waals surface area contributed by atoms with Crippen LogP contribution in [0.15, 0.2) is 0 Å². The van der Waals surface area contributed by atoms with Gasteiger partial charge in [-0.15, -0.1) is 0 Å². The number of nitrogens with zero attached hydrogens (tertiary/aromatic N) is 1. The van der Waals surface area contributed by atoms with Crippen LogP contribution in [0.3, 0.4) is 0 Å². The second-order valence-corrected chi connectivity index (χ2v) is 6.38. The fourth-order valence-corrected chi connectivity index (χ4v) is 3.34. The van der Waals surface area contributed by atoms with E-state index in [0.29, 0.717) is 11.6 Å². The highest BCUT2D eigenvalue weighted by Gasteiger charge is 2.36. The molecule has 0 aromatic heterocycles. The fourth-order valence-electron chi connectivity index (χ4n) is 3.34. The maximum Gasteiger partial charge on any atom is 0.0306 e. The Morgan fingerprint density at radius 1 is 1.06 bits per heavy atom. The monoisotopic (exact) mass is 254 g/mol. The molecule has 0 radical (unpaired) electrons. The van der Waals surface area contributed by atoms with Gasteiger partial charge in [0.2, 0.25) is 0 Å². The minimum atomic E-state index is 0.301. The van der Waals surface area contributed by atoms with E-state index in [9.17, 15) is 0 Å². The van der Waals surface area contributed by atoms with Crippen LogP contribution in [0.1, 0.15) is 66.7 Å². The van der Waals surface area contributed by atoms with E-state index < -0.39 is 0 Å². The average Bonchev–Trinajstić information content (AvgIpc) is 2.88. The first-order valence-corrected chi connectivity index (χ1v) is 8.04. The summed E-state index contributed by atoms with van der Waals surface area (Å²) in [4.78, 5) is 2.70. The number of nitrogens with one attached hydrogen (secondary N) is 1. The van der Waals surface area contributed by atoms with Gasteiger partial charge in [-0.25, -0.2) is 0 Å². The van der Waals surface area contributed by atoms with Gasteiger partial charge in [0.05, 0.1) is 0 Å². The van der Waals surface area contributed by atoms with Crippen LogP contribution in [0.25, 0.3) is 0 Å². The molecule has 1 rings (SSSR count). The van der Waals surface area contributed by atoms with Gasteiger partial charge in [-0.05, 0) is 58.7 Å². The molecule has 1 atom stereocenters. The van der Waals surface area contributed by atoms with Crippen molar-refractivity contribution in [3.05, 3.63) is 0 Å². The highest BCUT2D eigenvalue weighted by Crippen LogP contribution is 2.29. The molecule has 0 spiro atoms. The van der Waals surface area contributed by atoms with Crippen LogP contribution >= 0.6 is 0 Å². The third kappa shape index (κ3) is 3.96. The molecule has 108 valence electrons. The molecule has 0 aromatic carbocycles. The van der Waals surface area contributed by atoms with E-state index in [1.54, 1.807) is 0 Å². The second-order valence-electron chi connectivity index (χ2n) is 6.38. The quantitative estimate of drug-likeness (QED) is 0.711. The third-order valence-corrected chi connectivity index (χ3v) is 4.95. The molecule has 1 heterocycles. The molecule has 1 saturated heterocycles. The van der Waals surface area contributed by atoms with Gasteiger partial charge in [-0.3, -0.25) is 4.90 Å². The van der Waals surface area contributed by atoms with Gasteiger partial charge < -0.3 is 5.32 Å². The normalized spacial score (nSPS) is 19.7. The van der Waals surface area contributed by atoms with Crippen molar-refractivity contribution < 1.29 is 0 Å². The van der Waals surface area contributed by atoms with E-state index in [-0.39, 0.29) is 0 Å². The number of hydrogen-bond acceptors (Lipinski definition) is 2. The van der Waals surface area contributed by atoms with Crippen molar-refractivity contribution in [2.45, 2.75) is 78.3 Å². The molecule has 1 aliphatic rings. The lowest BCUT2D eigenvalue weighted by Gasteiger charge is -2.43. The van der Waals surface area contributed by atoms with Crippen LogP contribution < -0.4 is 5.32 Å². The number of hydrogen-bond donors (Lipinski definition) is 1. The summed E-state index contributed by atoms with van der Waals surface area (Å²) in [5.74, 6) is 0.871. The SMILES string of the molecule is CCNC(CC(CC)CC)C(C)(C)N1CCCC1. The van der Waals surface area contributed by atoms with Crippen LogP contribution in [0, 0.1) is 5.92 Å². The van der Waals surface area contributed by atoms with Gasteiger partial charge in [0.1, 0.15) is 0 Å². The minimum Gasteiger partial charge on any atom is -0.312 e. The lowest BCUT2D eigenvalue weighted by molar-refractivity contribution is 0.0934. The largest absolute Gasteiger partial charge is 0.312 e. The minimum absolute atomic E-state index is 0.301. The van der Waals surface area contributed by atoms with Gasteiger partial charge in [0.15, 0.2) is 0 Å². The summed E-state index contributed by atoms with van der Waals surface area (Å²) >= 11 is 0. The Morgan fingerprint density at radius 2 is 1.61 bits per heavy atom. The summed E-state index contributed by atoms with van der Waals surface area (Å²) in [6.07, 6.45) is 6.72. The van der Waals surface area contributed by atoms with Crippen LogP contribution in [-0.2, 0) is 0 Å². The standard InChI is InChI=1S/C16H34N2/c1-6-14(7-2)13-15(17-8-3)16(4,5)18-11-9-10-12-18/h14-15,17H,6-13H2,1-5H3. The predicted octanol–water partition coefficient (Wildman–Crippen LogP) is 3.67. The second kappa shape index (κ2) is 7.49. The van der Waals surface area contributed by atoms with Gasteiger partial charge in [0.25, 0.3) is 0 Å². The Hall–Kier alpha value is -0.0800. The molecule has 18 heavy (non-hydrogen) atoms. The molecule has 0 aromatic rings. The van der Waals surface area contributed by atoms with E-state index >= 15 is 0 Å². The third-order valence-electron chi connectivity index (χ3n) is 4.95. The first-order valence-electron chi connectivity index (χ1n) is 8.04. The van der Waals surface area contributed by atoms with Crippen molar-refractivity contribution in [2.24, 2.45) is 5.92 Å². The lowest BCUT2D eigenvalue weighted by atomic mass is 9.83. The zero-order valence-electron chi connectivity index (χ0n) is 13.3. The van der Waals surface area contributed by atoms with E-state index in [1.165, 1.54) is 45.2 Å². The van der Waals surface area contributed by atoms with E-state index in [1.807, 2.05) is 0 Å². The maximum absolute atomic E-state index is 3.76. The van der Waals surface area contributed by atoms with Gasteiger partial charge >= 0.3 is 0 Å². The number of likely N-dealkylation sites (tertiary alicyclic amines) is 1. The summed E-state index contributed by atoms with van der Waals surface area (Å²) in [7, 11) is 0. The van der Waals surface area contributed by atoms with Gasteiger partial charge in [-0.2, -0.15) is 0 Å². The predicted molar refractivity (Wildman–Crippen MR) is 81.0 cm³/mol. The maximum atomic E-state index is 3.76. The van der Waals surface area contributed by atoms with Crippen molar-refractivity contribution in [1.29, 1.82) is 0 Å². The highest BCUT2D eigenvalue weighted by atomic mass is 15.2. The van der Waals surface area contributed by atoms with E-state index in [2.05, 4.69) is 44.8 Å². The summed E-state index contributed by atoms with van der Waals surface area (Å²) in [6, 6.07) is 0.630. The summed E-state index contributed by atoms with van der Waals surface area (Å²) < 4.78 is 0. The Kier molecular flexibility index (Phi) is 6.65. The highest BCUT2D eigenvalue weighted by molar-refractivity contribution is 4.95. The molecule has 0 bridgehead atoms. The smallest absolute Gasteiger partial charge is 0.0306 e. The van der Waals surface area contributed by atoms with Crippen LogP contribution in [0.2, 0.25) is 0 Å². The summed E-state index contributed by atoms with van der Waals surface area (Å²) in [5, 5.41) is 3.76. The molecule has 0 saturated carbocycles. The summed E-state index contributed by atoms with van der Waals surface area (Å²) in [6.45, 7) is 15.4. The van der Waals surface area contributed by atoms with Crippen molar-refractivity contribution in [3.8, 4) is 0 Å². The molecule has 2 heteroatoms. The lowest BCUT2D eigenvalue weighted by Crippen LogP contribution is -2.57. The van der Waals surface area contributed by atoms with E-state index in [4.69, 9.17) is 0 Å². The Bertz CT molecular complexity index is 215.